The molecule has 1 aromatic carbocycles. The molecule has 1 N–H and O–H groups in total. The number of anilines is 1. The van der Waals surface area contributed by atoms with E-state index in [4.69, 9.17) is 0 Å². The average Bonchev–Trinajstić information content (AvgIpc) is 2.35. The molecule has 1 aromatic rings. The maximum atomic E-state index is 13.0. The van der Waals surface area contributed by atoms with Gasteiger partial charge in [-0.15, -0.1) is 0 Å². The van der Waals surface area contributed by atoms with Gasteiger partial charge in [0.15, 0.2) is 11.6 Å². The monoisotopic (exact) mass is 255 g/mol. The van der Waals surface area contributed by atoms with Crippen LogP contribution in [0.15, 0.2) is 18.2 Å². The third-order valence-electron chi connectivity index (χ3n) is 2.96. The Kier molecular flexibility index (Phi) is 5.75. The predicted octanol–water partition coefficient (Wildman–Crippen LogP) is 4.12. The summed E-state index contributed by atoms with van der Waals surface area (Å²) in [6.45, 7) is 4.02. The van der Waals surface area contributed by atoms with Crippen LogP contribution in [-0.2, 0) is 4.79 Å². The van der Waals surface area contributed by atoms with Crippen LogP contribution in [0.2, 0.25) is 0 Å². The normalized spacial score (nSPS) is 12.2. The fraction of sp³-hybridized carbons (Fsp3) is 0.500. The summed E-state index contributed by atoms with van der Waals surface area (Å²) in [5, 5.41) is 2.62. The Hall–Kier alpha value is -1.45. The Balaban J connectivity index is 2.64. The van der Waals surface area contributed by atoms with Gasteiger partial charge in [0.25, 0.3) is 0 Å². The summed E-state index contributed by atoms with van der Waals surface area (Å²) < 4.78 is 25.7. The average molecular weight is 255 g/mol. The minimum absolute atomic E-state index is 0.0712. The van der Waals surface area contributed by atoms with E-state index in [9.17, 15) is 13.6 Å². The van der Waals surface area contributed by atoms with Crippen molar-refractivity contribution in [1.82, 2.24) is 0 Å². The fourth-order valence-electron chi connectivity index (χ4n) is 1.79. The number of carbonyl (C=O) groups excluding carboxylic acids is 1. The number of nitrogens with one attached hydrogen (secondary N) is 1. The van der Waals surface area contributed by atoms with Crippen LogP contribution in [0.3, 0.4) is 0 Å². The summed E-state index contributed by atoms with van der Waals surface area (Å²) >= 11 is 0. The minimum atomic E-state index is -0.950. The van der Waals surface area contributed by atoms with E-state index in [1.807, 2.05) is 6.92 Å². The molecular weight excluding hydrogens is 236 g/mol. The molecule has 0 fully saturated rings. The second-order valence-electron chi connectivity index (χ2n) is 4.37. The Bertz CT molecular complexity index is 407. The number of halogens is 2. The molecule has 100 valence electrons. The van der Waals surface area contributed by atoms with E-state index in [1.54, 1.807) is 0 Å². The lowest BCUT2D eigenvalue weighted by atomic mass is 9.98. The second-order valence-corrected chi connectivity index (χ2v) is 4.37. The molecule has 1 amide bonds. The lowest BCUT2D eigenvalue weighted by molar-refractivity contribution is -0.120. The number of amides is 1. The summed E-state index contributed by atoms with van der Waals surface area (Å²) in [6, 6.07) is 3.38. The van der Waals surface area contributed by atoms with Gasteiger partial charge < -0.3 is 5.32 Å². The molecule has 2 nitrogen and oxygen atoms in total. The first kappa shape index (κ1) is 14.6. The summed E-state index contributed by atoms with van der Waals surface area (Å²) in [5.74, 6) is -2.06. The van der Waals surface area contributed by atoms with Crippen LogP contribution in [-0.4, -0.2) is 5.91 Å². The van der Waals surface area contributed by atoms with Crippen LogP contribution >= 0.6 is 0 Å². The summed E-state index contributed by atoms with van der Waals surface area (Å²) in [6.07, 6.45) is 3.59. The first-order valence-corrected chi connectivity index (χ1v) is 6.34. The molecule has 0 radical (unpaired) electrons. The van der Waals surface area contributed by atoms with Crippen molar-refractivity contribution in [1.29, 1.82) is 0 Å². The third kappa shape index (κ3) is 4.09. The van der Waals surface area contributed by atoms with Gasteiger partial charge in [0.1, 0.15) is 0 Å². The molecule has 1 rings (SSSR count). The van der Waals surface area contributed by atoms with Gasteiger partial charge in [-0.3, -0.25) is 4.79 Å². The predicted molar refractivity (Wildman–Crippen MR) is 68.3 cm³/mol. The molecule has 0 heterocycles. The van der Waals surface area contributed by atoms with Crippen LogP contribution in [0, 0.1) is 17.6 Å². The third-order valence-corrected chi connectivity index (χ3v) is 2.96. The van der Waals surface area contributed by atoms with Crippen LogP contribution < -0.4 is 5.32 Å². The van der Waals surface area contributed by atoms with Crippen molar-refractivity contribution >= 4 is 11.6 Å². The Morgan fingerprint density at radius 1 is 1.28 bits per heavy atom. The SMILES string of the molecule is CCCC[C@H](CC)C(=O)Nc1ccc(F)c(F)c1. The molecule has 0 unspecified atom stereocenters. The van der Waals surface area contributed by atoms with Gasteiger partial charge in [-0.25, -0.2) is 8.78 Å². The van der Waals surface area contributed by atoms with Gasteiger partial charge in [-0.1, -0.05) is 26.7 Å². The Morgan fingerprint density at radius 3 is 2.56 bits per heavy atom. The van der Waals surface area contributed by atoms with Crippen molar-refractivity contribution in [2.75, 3.05) is 5.32 Å². The number of rotatable bonds is 6. The molecule has 0 aliphatic rings. The molecule has 0 bridgehead atoms. The largest absolute Gasteiger partial charge is 0.326 e. The highest BCUT2D eigenvalue weighted by Gasteiger charge is 2.16. The first-order valence-electron chi connectivity index (χ1n) is 6.34. The van der Waals surface area contributed by atoms with Crippen molar-refractivity contribution in [3.8, 4) is 0 Å². The van der Waals surface area contributed by atoms with E-state index in [0.717, 1.165) is 37.8 Å². The molecule has 0 spiro atoms. The maximum Gasteiger partial charge on any atom is 0.227 e. The zero-order chi connectivity index (χ0) is 13.5. The van der Waals surface area contributed by atoms with E-state index >= 15 is 0 Å². The lowest BCUT2D eigenvalue weighted by Gasteiger charge is -2.14. The molecule has 18 heavy (non-hydrogen) atoms. The summed E-state index contributed by atoms with van der Waals surface area (Å²) in [4.78, 5) is 11.9. The molecular formula is C14H19F2NO. The highest BCUT2D eigenvalue weighted by molar-refractivity contribution is 5.92. The molecule has 1 atom stereocenters. The number of carbonyl (C=O) groups is 1. The molecule has 0 saturated heterocycles. The number of benzene rings is 1. The van der Waals surface area contributed by atoms with Gasteiger partial charge in [0, 0.05) is 17.7 Å². The first-order chi connectivity index (χ1) is 8.58. The number of unbranched alkanes of at least 4 members (excludes halogenated alkanes) is 1. The van der Waals surface area contributed by atoms with Crippen LogP contribution in [0.4, 0.5) is 14.5 Å². The fourth-order valence-corrected chi connectivity index (χ4v) is 1.79. The van der Waals surface area contributed by atoms with Crippen molar-refractivity contribution < 1.29 is 13.6 Å². The highest BCUT2D eigenvalue weighted by Crippen LogP contribution is 2.17. The van der Waals surface area contributed by atoms with Crippen LogP contribution in [0.5, 0.6) is 0 Å². The van der Waals surface area contributed by atoms with Crippen LogP contribution in [0.1, 0.15) is 39.5 Å². The lowest BCUT2D eigenvalue weighted by Crippen LogP contribution is -2.22. The molecule has 0 aliphatic heterocycles. The van der Waals surface area contributed by atoms with Gasteiger partial charge >= 0.3 is 0 Å². The minimum Gasteiger partial charge on any atom is -0.326 e. The maximum absolute atomic E-state index is 13.0. The topological polar surface area (TPSA) is 29.1 Å². The smallest absolute Gasteiger partial charge is 0.227 e. The van der Waals surface area contributed by atoms with E-state index in [-0.39, 0.29) is 11.8 Å². The summed E-state index contributed by atoms with van der Waals surface area (Å²) in [7, 11) is 0. The number of hydrogen-bond donors (Lipinski definition) is 1. The van der Waals surface area contributed by atoms with Crippen LogP contribution in [0.25, 0.3) is 0 Å². The zero-order valence-corrected chi connectivity index (χ0v) is 10.8. The summed E-state index contributed by atoms with van der Waals surface area (Å²) in [5.41, 5.74) is 0.300. The van der Waals surface area contributed by atoms with Gasteiger partial charge in [0.2, 0.25) is 5.91 Å². The van der Waals surface area contributed by atoms with Crippen molar-refractivity contribution in [3.63, 3.8) is 0 Å². The molecule has 0 saturated carbocycles. The van der Waals surface area contributed by atoms with Gasteiger partial charge in [0.05, 0.1) is 0 Å². The van der Waals surface area contributed by atoms with E-state index < -0.39 is 11.6 Å². The van der Waals surface area contributed by atoms with Gasteiger partial charge in [-0.2, -0.15) is 0 Å². The Morgan fingerprint density at radius 2 is 2.00 bits per heavy atom. The van der Waals surface area contributed by atoms with E-state index in [2.05, 4.69) is 12.2 Å². The van der Waals surface area contributed by atoms with Crippen molar-refractivity contribution in [3.05, 3.63) is 29.8 Å². The number of hydrogen-bond acceptors (Lipinski definition) is 1. The Labute approximate surface area is 106 Å². The molecule has 0 aliphatic carbocycles. The standard InChI is InChI=1S/C14H19F2NO/c1-3-5-6-10(4-2)14(18)17-11-7-8-12(15)13(16)9-11/h7-10H,3-6H2,1-2H3,(H,17,18)/t10-/m0/s1. The highest BCUT2D eigenvalue weighted by atomic mass is 19.2. The quantitative estimate of drug-likeness (QED) is 0.814. The van der Waals surface area contributed by atoms with E-state index in [1.165, 1.54) is 6.07 Å². The van der Waals surface area contributed by atoms with Crippen molar-refractivity contribution in [2.24, 2.45) is 5.92 Å². The van der Waals surface area contributed by atoms with Gasteiger partial charge in [-0.05, 0) is 25.0 Å². The van der Waals surface area contributed by atoms with Crippen molar-refractivity contribution in [2.45, 2.75) is 39.5 Å². The zero-order valence-electron chi connectivity index (χ0n) is 10.8. The molecule has 0 aromatic heterocycles. The van der Waals surface area contributed by atoms with E-state index in [0.29, 0.717) is 5.69 Å². The molecule has 4 heteroatoms. The second kappa shape index (κ2) is 7.09.